The largest absolute Gasteiger partial charge is 0.360 e. The van der Waals surface area contributed by atoms with Crippen molar-refractivity contribution in [3.8, 4) is 11.3 Å². The molecule has 3 aromatic heterocycles. The number of amides is 3. The van der Waals surface area contributed by atoms with Crippen molar-refractivity contribution < 1.29 is 18.9 Å². The second kappa shape index (κ2) is 10.7. The predicted molar refractivity (Wildman–Crippen MR) is 136 cm³/mol. The number of likely N-dealkylation sites (tertiary alicyclic amines) is 1. The zero-order valence-corrected chi connectivity index (χ0v) is 20.8. The second-order valence-electron chi connectivity index (χ2n) is 8.59. The molecule has 10 nitrogen and oxygen atoms in total. The van der Waals surface area contributed by atoms with Crippen molar-refractivity contribution in [3.05, 3.63) is 87.8 Å². The van der Waals surface area contributed by atoms with Crippen LogP contribution in [0, 0.1) is 6.92 Å². The molecule has 0 unspecified atom stereocenters. The SMILES string of the molecule is Cc1onc(-c2ccccc2)c1C(=O)N1CCC(c2nc(C(=O)NNC(=O)c3ccccn3)cs2)CC1. The lowest BCUT2D eigenvalue weighted by Gasteiger charge is -2.31. The number of piperidine rings is 1. The van der Waals surface area contributed by atoms with Crippen LogP contribution < -0.4 is 10.9 Å². The van der Waals surface area contributed by atoms with E-state index < -0.39 is 11.8 Å². The van der Waals surface area contributed by atoms with E-state index in [4.69, 9.17) is 4.52 Å². The van der Waals surface area contributed by atoms with Crippen molar-refractivity contribution in [2.45, 2.75) is 25.7 Å². The molecular formula is C26H24N6O4S. The van der Waals surface area contributed by atoms with Gasteiger partial charge >= 0.3 is 0 Å². The minimum absolute atomic E-state index is 0.0982. The first kappa shape index (κ1) is 24.3. The summed E-state index contributed by atoms with van der Waals surface area (Å²) in [7, 11) is 0. The summed E-state index contributed by atoms with van der Waals surface area (Å²) in [5, 5.41) is 6.63. The smallest absolute Gasteiger partial charge is 0.289 e. The van der Waals surface area contributed by atoms with E-state index in [1.54, 1.807) is 30.5 Å². The maximum Gasteiger partial charge on any atom is 0.289 e. The second-order valence-corrected chi connectivity index (χ2v) is 9.48. The molecule has 1 saturated heterocycles. The number of thiazole rings is 1. The Bertz CT molecular complexity index is 1410. The molecule has 1 aromatic carbocycles. The van der Waals surface area contributed by atoms with Crippen molar-refractivity contribution in [1.82, 2.24) is 30.9 Å². The van der Waals surface area contributed by atoms with E-state index in [0.29, 0.717) is 30.1 Å². The first-order valence-electron chi connectivity index (χ1n) is 11.8. The van der Waals surface area contributed by atoms with Gasteiger partial charge in [-0.2, -0.15) is 0 Å². The Kier molecular flexibility index (Phi) is 7.04. The van der Waals surface area contributed by atoms with Crippen LogP contribution in [0.1, 0.15) is 60.9 Å². The van der Waals surface area contributed by atoms with Gasteiger partial charge in [-0.1, -0.05) is 41.6 Å². The summed E-state index contributed by atoms with van der Waals surface area (Å²) in [6.45, 7) is 2.87. The number of aryl methyl sites for hydroxylation is 1. The molecule has 0 radical (unpaired) electrons. The number of benzene rings is 1. The van der Waals surface area contributed by atoms with Crippen LogP contribution in [0.3, 0.4) is 0 Å². The summed E-state index contributed by atoms with van der Waals surface area (Å²) in [6, 6.07) is 14.4. The average molecular weight is 517 g/mol. The lowest BCUT2D eigenvalue weighted by Crippen LogP contribution is -2.42. The van der Waals surface area contributed by atoms with E-state index in [-0.39, 0.29) is 23.2 Å². The van der Waals surface area contributed by atoms with Crippen molar-refractivity contribution in [2.75, 3.05) is 13.1 Å². The zero-order chi connectivity index (χ0) is 25.8. The number of carbonyl (C=O) groups is 3. The molecule has 4 heterocycles. The quantitative estimate of drug-likeness (QED) is 0.388. The van der Waals surface area contributed by atoms with Gasteiger partial charge in [-0.05, 0) is 31.9 Å². The minimum Gasteiger partial charge on any atom is -0.360 e. The highest BCUT2D eigenvalue weighted by molar-refractivity contribution is 7.09. The molecule has 0 spiro atoms. The van der Waals surface area contributed by atoms with Crippen LogP contribution in [0.15, 0.2) is 64.6 Å². The maximum absolute atomic E-state index is 13.4. The molecule has 2 N–H and O–H groups in total. The van der Waals surface area contributed by atoms with Gasteiger partial charge in [0.2, 0.25) is 0 Å². The van der Waals surface area contributed by atoms with Crippen LogP contribution in [-0.4, -0.2) is 50.8 Å². The molecule has 37 heavy (non-hydrogen) atoms. The predicted octanol–water partition coefficient (Wildman–Crippen LogP) is 3.60. The average Bonchev–Trinajstić information content (AvgIpc) is 3.60. The number of aromatic nitrogens is 3. The lowest BCUT2D eigenvalue weighted by atomic mass is 9.96. The van der Waals surface area contributed by atoms with Crippen LogP contribution in [0.5, 0.6) is 0 Å². The van der Waals surface area contributed by atoms with Crippen LogP contribution in [0.2, 0.25) is 0 Å². The van der Waals surface area contributed by atoms with Crippen molar-refractivity contribution in [1.29, 1.82) is 0 Å². The Labute approximate surface area is 216 Å². The molecular weight excluding hydrogens is 492 g/mol. The topological polar surface area (TPSA) is 130 Å². The third-order valence-electron chi connectivity index (χ3n) is 6.20. The number of hydrogen-bond donors (Lipinski definition) is 2. The van der Waals surface area contributed by atoms with Gasteiger partial charge in [0, 0.05) is 36.1 Å². The maximum atomic E-state index is 13.4. The summed E-state index contributed by atoms with van der Waals surface area (Å²) in [6.07, 6.45) is 2.95. The Morgan fingerprint density at radius 1 is 0.973 bits per heavy atom. The van der Waals surface area contributed by atoms with Gasteiger partial charge in [-0.3, -0.25) is 30.2 Å². The molecule has 3 amide bonds. The van der Waals surface area contributed by atoms with Gasteiger partial charge in [0.05, 0.1) is 5.01 Å². The van der Waals surface area contributed by atoms with Crippen molar-refractivity contribution in [3.63, 3.8) is 0 Å². The number of rotatable bonds is 5. The molecule has 1 aliphatic heterocycles. The molecule has 1 aliphatic rings. The fourth-order valence-electron chi connectivity index (χ4n) is 4.22. The van der Waals surface area contributed by atoms with Crippen LogP contribution in [-0.2, 0) is 0 Å². The van der Waals surface area contributed by atoms with Gasteiger partial charge in [0.1, 0.15) is 28.4 Å². The van der Waals surface area contributed by atoms with Crippen LogP contribution >= 0.6 is 11.3 Å². The zero-order valence-electron chi connectivity index (χ0n) is 20.0. The Balaban J connectivity index is 1.18. The summed E-state index contributed by atoms with van der Waals surface area (Å²) in [5.74, 6) is -0.484. The van der Waals surface area contributed by atoms with Gasteiger partial charge in [-0.25, -0.2) is 4.98 Å². The number of pyridine rings is 1. The minimum atomic E-state index is -0.514. The Morgan fingerprint density at radius 3 is 2.38 bits per heavy atom. The van der Waals surface area contributed by atoms with Gasteiger partial charge in [-0.15, -0.1) is 11.3 Å². The van der Waals surface area contributed by atoms with Crippen LogP contribution in [0.25, 0.3) is 11.3 Å². The molecule has 0 saturated carbocycles. The summed E-state index contributed by atoms with van der Waals surface area (Å²) in [4.78, 5) is 48.1. The third kappa shape index (κ3) is 5.26. The molecule has 0 bridgehead atoms. The number of hydrazine groups is 1. The Hall–Kier alpha value is -4.38. The highest BCUT2D eigenvalue weighted by Gasteiger charge is 2.31. The van der Waals surface area contributed by atoms with Crippen LogP contribution in [0.4, 0.5) is 0 Å². The highest BCUT2D eigenvalue weighted by Crippen LogP contribution is 2.32. The third-order valence-corrected chi connectivity index (χ3v) is 7.20. The molecule has 11 heteroatoms. The first-order valence-corrected chi connectivity index (χ1v) is 12.7. The van der Waals surface area contributed by atoms with E-state index in [1.165, 1.54) is 17.5 Å². The normalized spacial score (nSPS) is 13.8. The van der Waals surface area contributed by atoms with E-state index in [1.807, 2.05) is 35.2 Å². The van der Waals surface area contributed by atoms with E-state index in [2.05, 4.69) is 26.0 Å². The van der Waals surface area contributed by atoms with Crippen molar-refractivity contribution in [2.24, 2.45) is 0 Å². The molecule has 4 aromatic rings. The molecule has 188 valence electrons. The lowest BCUT2D eigenvalue weighted by molar-refractivity contribution is 0.0711. The molecule has 0 atom stereocenters. The number of hydrogen-bond acceptors (Lipinski definition) is 8. The highest BCUT2D eigenvalue weighted by atomic mass is 32.1. The summed E-state index contributed by atoms with van der Waals surface area (Å²) in [5.41, 5.74) is 7.02. The molecule has 1 fully saturated rings. The molecule has 0 aliphatic carbocycles. The fraction of sp³-hybridized carbons (Fsp3) is 0.231. The number of carbonyl (C=O) groups excluding carboxylic acids is 3. The summed E-state index contributed by atoms with van der Waals surface area (Å²) >= 11 is 1.40. The van der Waals surface area contributed by atoms with Gasteiger partial charge in [0.15, 0.2) is 0 Å². The van der Waals surface area contributed by atoms with Gasteiger partial charge < -0.3 is 9.42 Å². The van der Waals surface area contributed by atoms with E-state index >= 15 is 0 Å². The van der Waals surface area contributed by atoms with E-state index in [9.17, 15) is 14.4 Å². The monoisotopic (exact) mass is 516 g/mol. The number of nitrogens with zero attached hydrogens (tertiary/aromatic N) is 4. The molecule has 5 rings (SSSR count). The van der Waals surface area contributed by atoms with E-state index in [0.717, 1.165) is 23.4 Å². The Morgan fingerprint density at radius 2 is 1.68 bits per heavy atom. The van der Waals surface area contributed by atoms with Crippen molar-refractivity contribution >= 4 is 29.1 Å². The number of nitrogens with one attached hydrogen (secondary N) is 2. The fourth-order valence-corrected chi connectivity index (χ4v) is 5.19. The van der Waals surface area contributed by atoms with Gasteiger partial charge in [0.25, 0.3) is 17.7 Å². The first-order chi connectivity index (χ1) is 18.0. The summed E-state index contributed by atoms with van der Waals surface area (Å²) < 4.78 is 5.36. The standard InChI is InChI=1S/C26H24N6O4S/c1-16-21(22(31-36-16)17-7-3-2-4-8-17)26(35)32-13-10-18(11-14-32)25-28-20(15-37-25)24(34)30-29-23(33)19-9-5-6-12-27-19/h2-9,12,15,18H,10-11,13-14H2,1H3,(H,29,33)(H,30,34).